The van der Waals surface area contributed by atoms with Gasteiger partial charge < -0.3 is 11.1 Å². The first-order valence-corrected chi connectivity index (χ1v) is 12.1. The van der Waals surface area contributed by atoms with Gasteiger partial charge >= 0.3 is 0 Å². The third-order valence-electron chi connectivity index (χ3n) is 7.03. The van der Waals surface area contributed by atoms with Crippen LogP contribution in [0.5, 0.6) is 0 Å². The fourth-order valence-corrected chi connectivity index (χ4v) is 5.28. The number of nitrogens with zero attached hydrogens (tertiary/aromatic N) is 2. The molecule has 2 aromatic rings. The molecule has 4 rings (SSSR count). The molecule has 0 unspecified atom stereocenters. The molecule has 2 heterocycles. The average Bonchev–Trinajstić information content (AvgIpc) is 2.80. The Morgan fingerprint density at radius 3 is 2.50 bits per heavy atom. The van der Waals surface area contributed by atoms with Crippen molar-refractivity contribution in [1.29, 1.82) is 0 Å². The summed E-state index contributed by atoms with van der Waals surface area (Å²) in [5.74, 6) is 3.12. The average molecular weight is 427 g/mol. The number of pyridine rings is 2. The van der Waals surface area contributed by atoms with E-state index in [4.69, 9.17) is 22.3 Å². The highest BCUT2D eigenvalue weighted by Crippen LogP contribution is 2.32. The minimum atomic E-state index is 0.669. The molecular formula is C25H35ClN4. The zero-order valence-electron chi connectivity index (χ0n) is 18.0. The van der Waals surface area contributed by atoms with Crippen molar-refractivity contribution in [2.45, 2.75) is 64.2 Å². The van der Waals surface area contributed by atoms with Gasteiger partial charge in [-0.1, -0.05) is 36.9 Å². The van der Waals surface area contributed by atoms with E-state index in [1.54, 1.807) is 6.20 Å². The highest BCUT2D eigenvalue weighted by Gasteiger charge is 2.21. The van der Waals surface area contributed by atoms with Crippen molar-refractivity contribution in [2.24, 2.45) is 23.5 Å². The molecule has 0 radical (unpaired) electrons. The number of rotatable bonds is 7. The Bertz CT molecular complexity index is 811. The molecule has 3 N–H and O–H groups in total. The number of aromatic nitrogens is 2. The van der Waals surface area contributed by atoms with Crippen LogP contribution in [0.3, 0.4) is 0 Å². The number of hydrogen-bond donors (Lipinski definition) is 2. The van der Waals surface area contributed by atoms with Gasteiger partial charge in [-0.2, -0.15) is 0 Å². The Labute approximate surface area is 186 Å². The van der Waals surface area contributed by atoms with Crippen LogP contribution in [0.2, 0.25) is 5.02 Å². The molecule has 4 nitrogen and oxygen atoms in total. The van der Waals surface area contributed by atoms with Crippen molar-refractivity contribution in [2.75, 3.05) is 18.4 Å². The van der Waals surface area contributed by atoms with Crippen molar-refractivity contribution in [3.05, 3.63) is 41.2 Å². The summed E-state index contributed by atoms with van der Waals surface area (Å²) in [6, 6.07) is 8.31. The number of halogens is 1. The number of anilines is 1. The number of nitrogens with one attached hydrogen (secondary N) is 1. The molecule has 0 aromatic carbocycles. The van der Waals surface area contributed by atoms with Gasteiger partial charge in [0.05, 0.1) is 10.7 Å². The van der Waals surface area contributed by atoms with E-state index in [9.17, 15) is 0 Å². The summed E-state index contributed by atoms with van der Waals surface area (Å²) < 4.78 is 0. The predicted octanol–water partition coefficient (Wildman–Crippen LogP) is 6.10. The molecule has 2 saturated carbocycles. The standard InChI is InChI=1S/C25H35ClN4/c26-23-17-28-21(13-18-9-11-19(15-27)12-10-18)14-22(23)24-7-4-8-25(30-24)29-16-20-5-2-1-3-6-20/h4,7-8,14,17-20H,1-3,5-6,9-13,15-16,27H2,(H,29,30). The van der Waals surface area contributed by atoms with Crippen LogP contribution in [0.4, 0.5) is 5.82 Å². The van der Waals surface area contributed by atoms with Gasteiger partial charge in [-0.3, -0.25) is 4.98 Å². The monoisotopic (exact) mass is 426 g/mol. The quantitative estimate of drug-likeness (QED) is 0.561. The van der Waals surface area contributed by atoms with Crippen molar-refractivity contribution in [3.63, 3.8) is 0 Å². The summed E-state index contributed by atoms with van der Waals surface area (Å²) in [6.07, 6.45) is 14.6. The fourth-order valence-electron chi connectivity index (χ4n) is 5.08. The van der Waals surface area contributed by atoms with Gasteiger partial charge in [-0.15, -0.1) is 0 Å². The van der Waals surface area contributed by atoms with Crippen molar-refractivity contribution in [3.8, 4) is 11.3 Å². The minimum absolute atomic E-state index is 0.669. The minimum Gasteiger partial charge on any atom is -0.370 e. The molecule has 162 valence electrons. The fraction of sp³-hybridized carbons (Fsp3) is 0.600. The van der Waals surface area contributed by atoms with Crippen LogP contribution >= 0.6 is 11.6 Å². The van der Waals surface area contributed by atoms with Crippen LogP contribution in [-0.4, -0.2) is 23.1 Å². The van der Waals surface area contributed by atoms with Gasteiger partial charge in [0.25, 0.3) is 0 Å². The Hall–Kier alpha value is -1.65. The van der Waals surface area contributed by atoms with Crippen molar-refractivity contribution < 1.29 is 0 Å². The van der Waals surface area contributed by atoms with E-state index in [-0.39, 0.29) is 0 Å². The van der Waals surface area contributed by atoms with Crippen LogP contribution in [0.15, 0.2) is 30.5 Å². The van der Waals surface area contributed by atoms with Gasteiger partial charge in [0, 0.05) is 24.0 Å². The van der Waals surface area contributed by atoms with E-state index in [2.05, 4.69) is 28.5 Å². The van der Waals surface area contributed by atoms with Crippen LogP contribution in [-0.2, 0) is 6.42 Å². The molecule has 0 atom stereocenters. The third-order valence-corrected chi connectivity index (χ3v) is 7.33. The highest BCUT2D eigenvalue weighted by atomic mass is 35.5. The topological polar surface area (TPSA) is 63.8 Å². The van der Waals surface area contributed by atoms with Crippen molar-refractivity contribution in [1.82, 2.24) is 9.97 Å². The maximum absolute atomic E-state index is 6.53. The summed E-state index contributed by atoms with van der Waals surface area (Å²) in [5, 5.41) is 4.22. The first-order chi connectivity index (χ1) is 14.7. The van der Waals surface area contributed by atoms with Gasteiger partial charge in [-0.25, -0.2) is 4.98 Å². The molecular weight excluding hydrogens is 392 g/mol. The molecule has 0 spiro atoms. The molecule has 2 aliphatic rings. The molecule has 0 saturated heterocycles. The van der Waals surface area contributed by atoms with E-state index in [1.807, 2.05) is 6.07 Å². The Balaban J connectivity index is 1.42. The maximum Gasteiger partial charge on any atom is 0.126 e. The van der Waals surface area contributed by atoms with Crippen LogP contribution in [0.1, 0.15) is 63.5 Å². The zero-order valence-corrected chi connectivity index (χ0v) is 18.7. The second-order valence-corrected chi connectivity index (χ2v) is 9.68. The first-order valence-electron chi connectivity index (χ1n) is 11.8. The van der Waals surface area contributed by atoms with Gasteiger partial charge in [0.2, 0.25) is 0 Å². The molecule has 0 bridgehead atoms. The lowest BCUT2D eigenvalue weighted by Gasteiger charge is -2.27. The summed E-state index contributed by atoms with van der Waals surface area (Å²) in [6.45, 7) is 1.84. The smallest absolute Gasteiger partial charge is 0.126 e. The number of hydrogen-bond acceptors (Lipinski definition) is 4. The summed E-state index contributed by atoms with van der Waals surface area (Å²) >= 11 is 6.53. The molecule has 2 fully saturated rings. The molecule has 5 heteroatoms. The lowest BCUT2D eigenvalue weighted by atomic mass is 9.80. The highest BCUT2D eigenvalue weighted by molar-refractivity contribution is 6.33. The van der Waals surface area contributed by atoms with E-state index >= 15 is 0 Å². The Morgan fingerprint density at radius 1 is 0.967 bits per heavy atom. The molecule has 2 aliphatic carbocycles. The van der Waals surface area contributed by atoms with E-state index in [0.29, 0.717) is 16.9 Å². The second-order valence-electron chi connectivity index (χ2n) is 9.28. The lowest BCUT2D eigenvalue weighted by Crippen LogP contribution is -2.22. The van der Waals surface area contributed by atoms with Gasteiger partial charge in [0.15, 0.2) is 0 Å². The molecule has 0 amide bonds. The van der Waals surface area contributed by atoms with Gasteiger partial charge in [0.1, 0.15) is 5.82 Å². The first kappa shape index (κ1) is 21.6. The molecule has 30 heavy (non-hydrogen) atoms. The maximum atomic E-state index is 6.53. The Kier molecular flexibility index (Phi) is 7.62. The number of nitrogens with two attached hydrogens (primary N) is 1. The second kappa shape index (κ2) is 10.6. The third kappa shape index (κ3) is 5.73. The van der Waals surface area contributed by atoms with Crippen LogP contribution < -0.4 is 11.1 Å². The lowest BCUT2D eigenvalue weighted by molar-refractivity contribution is 0.277. The largest absolute Gasteiger partial charge is 0.370 e. The zero-order chi connectivity index (χ0) is 20.8. The van der Waals surface area contributed by atoms with Crippen LogP contribution in [0, 0.1) is 17.8 Å². The normalized spacial score (nSPS) is 22.7. The summed E-state index contributed by atoms with van der Waals surface area (Å²) in [4.78, 5) is 9.48. The van der Waals surface area contributed by atoms with Gasteiger partial charge in [-0.05, 0) is 87.4 Å². The molecule has 2 aromatic heterocycles. The predicted molar refractivity (Wildman–Crippen MR) is 126 cm³/mol. The van der Waals surface area contributed by atoms with E-state index in [1.165, 1.54) is 57.8 Å². The van der Waals surface area contributed by atoms with E-state index in [0.717, 1.165) is 48.2 Å². The SMILES string of the molecule is NCC1CCC(Cc2cc(-c3cccc(NCC4CCCCC4)n3)c(Cl)cn2)CC1. The van der Waals surface area contributed by atoms with E-state index < -0.39 is 0 Å². The summed E-state index contributed by atoms with van der Waals surface area (Å²) in [5.41, 5.74) is 8.86. The van der Waals surface area contributed by atoms with Crippen LogP contribution in [0.25, 0.3) is 11.3 Å². The summed E-state index contributed by atoms with van der Waals surface area (Å²) in [7, 11) is 0. The molecule has 0 aliphatic heterocycles. The van der Waals surface area contributed by atoms with Crippen molar-refractivity contribution >= 4 is 17.4 Å². The Morgan fingerprint density at radius 2 is 1.73 bits per heavy atom.